The molecule has 1 aliphatic heterocycles. The maximum atomic E-state index is 11.0. The van der Waals surface area contributed by atoms with Crippen LogP contribution in [0.15, 0.2) is 11.6 Å². The summed E-state index contributed by atoms with van der Waals surface area (Å²) >= 11 is 0. The number of nitrogens with two attached hydrogens (primary N) is 1. The van der Waals surface area contributed by atoms with Crippen LogP contribution < -0.4 is 5.73 Å². The number of carbonyl (C=O) groups excluding carboxylic acids is 1. The van der Waals surface area contributed by atoms with Gasteiger partial charge >= 0.3 is 5.97 Å². The Kier molecular flexibility index (Phi) is 3.45. The number of likely N-dealkylation sites (N-methyl/N-ethyl adjacent to an activating group) is 1. The summed E-state index contributed by atoms with van der Waals surface area (Å²) in [5, 5.41) is 0. The van der Waals surface area contributed by atoms with Gasteiger partial charge in [0.2, 0.25) is 0 Å². The third kappa shape index (κ3) is 2.82. The number of hydrogen-bond donors (Lipinski definition) is 1. The zero-order chi connectivity index (χ0) is 9.84. The summed E-state index contributed by atoms with van der Waals surface area (Å²) in [6.45, 7) is 1.86. The molecular weight excluding hydrogens is 168 g/mol. The molecule has 1 unspecified atom stereocenters. The Morgan fingerprint density at radius 2 is 2.54 bits per heavy atom. The van der Waals surface area contributed by atoms with Gasteiger partial charge in [-0.3, -0.25) is 9.69 Å². The van der Waals surface area contributed by atoms with Crippen molar-refractivity contribution in [2.45, 2.75) is 12.5 Å². The lowest BCUT2D eigenvalue weighted by atomic mass is 10.1. The number of methoxy groups -OCH3 is 1. The van der Waals surface area contributed by atoms with Crippen molar-refractivity contribution in [1.29, 1.82) is 0 Å². The van der Waals surface area contributed by atoms with Crippen LogP contribution in [-0.2, 0) is 9.53 Å². The minimum atomic E-state index is -0.511. The second kappa shape index (κ2) is 4.39. The lowest BCUT2D eigenvalue weighted by Crippen LogP contribution is -2.32. The van der Waals surface area contributed by atoms with Crippen LogP contribution in [-0.4, -0.2) is 44.2 Å². The van der Waals surface area contributed by atoms with Crippen LogP contribution in [0.4, 0.5) is 0 Å². The summed E-state index contributed by atoms with van der Waals surface area (Å²) in [5.41, 5.74) is 6.84. The fraction of sp³-hybridized carbons (Fsp3) is 0.667. The van der Waals surface area contributed by atoms with Gasteiger partial charge in [0.1, 0.15) is 6.04 Å². The van der Waals surface area contributed by atoms with Gasteiger partial charge in [0, 0.05) is 13.1 Å². The summed E-state index contributed by atoms with van der Waals surface area (Å²) in [5.74, 6) is -0.338. The highest BCUT2D eigenvalue weighted by Crippen LogP contribution is 2.12. The van der Waals surface area contributed by atoms with E-state index >= 15 is 0 Å². The molecule has 4 nitrogen and oxygen atoms in total. The van der Waals surface area contributed by atoms with E-state index in [1.165, 1.54) is 12.7 Å². The molecule has 0 amide bonds. The van der Waals surface area contributed by atoms with Gasteiger partial charge in [-0.2, -0.15) is 0 Å². The quantitative estimate of drug-likeness (QED) is 0.485. The summed E-state index contributed by atoms with van der Waals surface area (Å²) in [6, 6.07) is -0.511. The Labute approximate surface area is 78.3 Å². The minimum absolute atomic E-state index is 0.338. The van der Waals surface area contributed by atoms with Gasteiger partial charge in [0.25, 0.3) is 0 Å². The van der Waals surface area contributed by atoms with Crippen molar-refractivity contribution >= 4 is 5.97 Å². The number of ether oxygens (including phenoxy) is 1. The van der Waals surface area contributed by atoms with Gasteiger partial charge in [-0.15, -0.1) is 0 Å². The van der Waals surface area contributed by atoms with Crippen LogP contribution in [0.2, 0.25) is 0 Å². The Bertz CT molecular complexity index is 226. The van der Waals surface area contributed by atoms with E-state index < -0.39 is 6.04 Å². The summed E-state index contributed by atoms with van der Waals surface area (Å²) in [4.78, 5) is 13.2. The molecular formula is C9H16N2O2. The van der Waals surface area contributed by atoms with E-state index in [9.17, 15) is 4.79 Å². The second-order valence-electron chi connectivity index (χ2n) is 3.39. The van der Waals surface area contributed by atoms with Gasteiger partial charge in [-0.05, 0) is 13.5 Å². The van der Waals surface area contributed by atoms with E-state index in [-0.39, 0.29) is 5.97 Å². The first-order chi connectivity index (χ1) is 6.13. The number of nitrogens with zero attached hydrogens (tertiary/aromatic N) is 1. The molecule has 1 heterocycles. The third-order valence-corrected chi connectivity index (χ3v) is 2.15. The van der Waals surface area contributed by atoms with E-state index in [0.717, 1.165) is 13.1 Å². The van der Waals surface area contributed by atoms with Crippen molar-refractivity contribution in [2.24, 2.45) is 5.73 Å². The largest absolute Gasteiger partial charge is 0.468 e. The number of hydrogen-bond acceptors (Lipinski definition) is 4. The van der Waals surface area contributed by atoms with Crippen LogP contribution in [0.1, 0.15) is 6.42 Å². The second-order valence-corrected chi connectivity index (χ2v) is 3.39. The monoisotopic (exact) mass is 184 g/mol. The van der Waals surface area contributed by atoms with E-state index in [1.54, 1.807) is 0 Å². The fourth-order valence-corrected chi connectivity index (χ4v) is 1.43. The lowest BCUT2D eigenvalue weighted by Gasteiger charge is -2.11. The normalized spacial score (nSPS) is 19.8. The lowest BCUT2D eigenvalue weighted by molar-refractivity contribution is -0.142. The molecule has 0 saturated heterocycles. The van der Waals surface area contributed by atoms with E-state index in [1.807, 2.05) is 7.05 Å². The number of rotatable bonds is 3. The molecule has 0 fully saturated rings. The molecule has 13 heavy (non-hydrogen) atoms. The van der Waals surface area contributed by atoms with E-state index in [2.05, 4.69) is 15.7 Å². The van der Waals surface area contributed by atoms with Crippen molar-refractivity contribution in [3.63, 3.8) is 0 Å². The zero-order valence-electron chi connectivity index (χ0n) is 8.12. The van der Waals surface area contributed by atoms with Gasteiger partial charge < -0.3 is 10.5 Å². The average molecular weight is 184 g/mol. The molecule has 2 N–H and O–H groups in total. The van der Waals surface area contributed by atoms with Gasteiger partial charge in [-0.25, -0.2) is 0 Å². The molecule has 0 radical (unpaired) electrons. The Morgan fingerprint density at radius 3 is 3.00 bits per heavy atom. The third-order valence-electron chi connectivity index (χ3n) is 2.15. The van der Waals surface area contributed by atoms with Crippen molar-refractivity contribution in [1.82, 2.24) is 4.90 Å². The highest BCUT2D eigenvalue weighted by atomic mass is 16.5. The first-order valence-corrected chi connectivity index (χ1v) is 4.33. The summed E-state index contributed by atoms with van der Waals surface area (Å²) in [6.07, 6.45) is 2.72. The molecule has 0 saturated carbocycles. The van der Waals surface area contributed by atoms with E-state index in [0.29, 0.717) is 6.42 Å². The summed E-state index contributed by atoms with van der Waals surface area (Å²) in [7, 11) is 3.39. The molecule has 4 heteroatoms. The molecule has 1 aliphatic rings. The molecule has 0 spiro atoms. The first kappa shape index (κ1) is 10.2. The van der Waals surface area contributed by atoms with Crippen molar-refractivity contribution < 1.29 is 9.53 Å². The predicted octanol–water partition coefficient (Wildman–Crippen LogP) is -0.251. The predicted molar refractivity (Wildman–Crippen MR) is 50.2 cm³/mol. The molecule has 0 aromatic carbocycles. The molecule has 1 atom stereocenters. The van der Waals surface area contributed by atoms with Crippen molar-refractivity contribution in [2.75, 3.05) is 27.2 Å². The Morgan fingerprint density at radius 1 is 1.85 bits per heavy atom. The van der Waals surface area contributed by atoms with Crippen LogP contribution in [0, 0.1) is 0 Å². The van der Waals surface area contributed by atoms with Gasteiger partial charge in [0.15, 0.2) is 0 Å². The average Bonchev–Trinajstić information content (AvgIpc) is 2.49. The summed E-state index contributed by atoms with van der Waals surface area (Å²) < 4.78 is 4.54. The van der Waals surface area contributed by atoms with Crippen LogP contribution >= 0.6 is 0 Å². The topological polar surface area (TPSA) is 55.6 Å². The highest BCUT2D eigenvalue weighted by molar-refractivity contribution is 5.75. The number of carbonyl (C=O) groups is 1. The maximum Gasteiger partial charge on any atom is 0.322 e. The highest BCUT2D eigenvalue weighted by Gasteiger charge is 2.18. The van der Waals surface area contributed by atoms with Crippen LogP contribution in [0.3, 0.4) is 0 Å². The molecule has 74 valence electrons. The molecule has 0 aliphatic carbocycles. The minimum Gasteiger partial charge on any atom is -0.468 e. The first-order valence-electron chi connectivity index (χ1n) is 4.33. The van der Waals surface area contributed by atoms with Crippen LogP contribution in [0.5, 0.6) is 0 Å². The SMILES string of the molecule is COC(=O)C(N)CC1=CCN(C)C1. The molecule has 0 aromatic heterocycles. The smallest absolute Gasteiger partial charge is 0.322 e. The van der Waals surface area contributed by atoms with E-state index in [4.69, 9.17) is 5.73 Å². The number of esters is 1. The van der Waals surface area contributed by atoms with Gasteiger partial charge in [-0.1, -0.05) is 11.6 Å². The Hall–Kier alpha value is -0.870. The fourth-order valence-electron chi connectivity index (χ4n) is 1.43. The van der Waals surface area contributed by atoms with Crippen LogP contribution in [0.25, 0.3) is 0 Å². The molecule has 0 bridgehead atoms. The van der Waals surface area contributed by atoms with Crippen molar-refractivity contribution in [3.8, 4) is 0 Å². The zero-order valence-corrected chi connectivity index (χ0v) is 8.12. The molecule has 1 rings (SSSR count). The Balaban J connectivity index is 2.37. The van der Waals surface area contributed by atoms with Crippen molar-refractivity contribution in [3.05, 3.63) is 11.6 Å². The van der Waals surface area contributed by atoms with Gasteiger partial charge in [0.05, 0.1) is 7.11 Å². The maximum absolute atomic E-state index is 11.0. The molecule has 0 aromatic rings. The standard InChI is InChI=1S/C9H16N2O2/c1-11-4-3-7(6-11)5-8(10)9(12)13-2/h3,8H,4-6,10H2,1-2H3.